The number of nitrogens with zero attached hydrogens (tertiary/aromatic N) is 1. The van der Waals surface area contributed by atoms with Gasteiger partial charge in [-0.1, -0.05) is 23.7 Å². The third kappa shape index (κ3) is 2.62. The molecule has 1 heterocycles. The second-order valence-corrected chi connectivity index (χ2v) is 4.22. The lowest BCUT2D eigenvalue weighted by Gasteiger charge is -2.34. The molecular formula is C12H12ClNO2. The minimum atomic E-state index is -0.358. The van der Waals surface area contributed by atoms with Gasteiger partial charge in [0, 0.05) is 24.2 Å². The largest absolute Gasteiger partial charge is 0.389 e. The molecule has 1 N–H and O–H groups in total. The molecule has 1 fully saturated rings. The van der Waals surface area contributed by atoms with Gasteiger partial charge in [-0.3, -0.25) is 4.79 Å². The van der Waals surface area contributed by atoms with Crippen molar-refractivity contribution in [2.24, 2.45) is 0 Å². The van der Waals surface area contributed by atoms with Crippen LogP contribution in [0.4, 0.5) is 0 Å². The first kappa shape index (κ1) is 11.2. The first-order valence-electron chi connectivity index (χ1n) is 5.06. The fraction of sp³-hybridized carbons (Fsp3) is 0.250. The van der Waals surface area contributed by atoms with Crippen molar-refractivity contribution in [2.45, 2.75) is 6.10 Å². The molecule has 0 saturated carbocycles. The van der Waals surface area contributed by atoms with Crippen LogP contribution in [0.5, 0.6) is 0 Å². The molecule has 4 heteroatoms. The van der Waals surface area contributed by atoms with E-state index in [0.29, 0.717) is 18.1 Å². The van der Waals surface area contributed by atoms with Crippen molar-refractivity contribution in [3.05, 3.63) is 40.9 Å². The Morgan fingerprint density at radius 1 is 1.50 bits per heavy atom. The molecule has 1 aliphatic rings. The average molecular weight is 238 g/mol. The lowest BCUT2D eigenvalue weighted by molar-refractivity contribution is -0.135. The van der Waals surface area contributed by atoms with Crippen molar-refractivity contribution in [3.8, 4) is 0 Å². The molecule has 0 bridgehead atoms. The van der Waals surface area contributed by atoms with Crippen LogP contribution in [0.1, 0.15) is 5.56 Å². The highest BCUT2D eigenvalue weighted by molar-refractivity contribution is 6.30. The van der Waals surface area contributed by atoms with Crippen LogP contribution in [-0.2, 0) is 4.79 Å². The zero-order chi connectivity index (χ0) is 11.5. The molecule has 0 spiro atoms. The number of rotatable bonds is 2. The fourth-order valence-electron chi connectivity index (χ4n) is 1.52. The Hall–Kier alpha value is -1.32. The zero-order valence-corrected chi connectivity index (χ0v) is 9.39. The van der Waals surface area contributed by atoms with Crippen molar-refractivity contribution in [3.63, 3.8) is 0 Å². The minimum absolute atomic E-state index is 0.0784. The SMILES string of the molecule is O=C(C=Cc1cccc(Cl)c1)N1CC(O)C1. The highest BCUT2D eigenvalue weighted by Crippen LogP contribution is 2.13. The number of aliphatic hydroxyl groups excluding tert-OH is 1. The average Bonchev–Trinajstić information content (AvgIpc) is 2.22. The van der Waals surface area contributed by atoms with Gasteiger partial charge in [-0.25, -0.2) is 0 Å². The Bertz CT molecular complexity index is 425. The molecule has 84 valence electrons. The molecule has 1 aromatic carbocycles. The lowest BCUT2D eigenvalue weighted by atomic mass is 10.1. The summed E-state index contributed by atoms with van der Waals surface area (Å²) in [5, 5.41) is 9.70. The van der Waals surface area contributed by atoms with Crippen molar-refractivity contribution < 1.29 is 9.90 Å². The number of likely N-dealkylation sites (tertiary alicyclic amines) is 1. The summed E-state index contributed by atoms with van der Waals surface area (Å²) in [6.45, 7) is 0.859. The summed E-state index contributed by atoms with van der Waals surface area (Å²) in [5.74, 6) is -0.0784. The monoisotopic (exact) mass is 237 g/mol. The van der Waals surface area contributed by atoms with E-state index in [0.717, 1.165) is 5.56 Å². The molecule has 0 aliphatic carbocycles. The van der Waals surface area contributed by atoms with Gasteiger partial charge < -0.3 is 10.0 Å². The number of aliphatic hydroxyl groups is 1. The standard InChI is InChI=1S/C12H12ClNO2/c13-10-3-1-2-9(6-10)4-5-12(16)14-7-11(15)8-14/h1-6,11,15H,7-8H2. The van der Waals surface area contributed by atoms with Crippen molar-refractivity contribution in [2.75, 3.05) is 13.1 Å². The second-order valence-electron chi connectivity index (χ2n) is 3.79. The molecule has 0 atom stereocenters. The Morgan fingerprint density at radius 2 is 2.25 bits per heavy atom. The molecule has 0 aromatic heterocycles. The smallest absolute Gasteiger partial charge is 0.246 e. The van der Waals surface area contributed by atoms with Gasteiger partial charge in [0.05, 0.1) is 6.10 Å². The summed E-state index contributed by atoms with van der Waals surface area (Å²) >= 11 is 5.82. The summed E-state index contributed by atoms with van der Waals surface area (Å²) < 4.78 is 0. The molecule has 16 heavy (non-hydrogen) atoms. The van der Waals surface area contributed by atoms with Gasteiger partial charge in [-0.05, 0) is 23.8 Å². The van der Waals surface area contributed by atoms with E-state index in [9.17, 15) is 4.79 Å². The van der Waals surface area contributed by atoms with Crippen LogP contribution in [0, 0.1) is 0 Å². The number of β-amino-alcohol motifs (C(OH)–C–C–N with tert-alkyl or cyclic N) is 1. The Labute approximate surface area is 98.9 Å². The number of benzene rings is 1. The van der Waals surface area contributed by atoms with E-state index >= 15 is 0 Å². The van der Waals surface area contributed by atoms with Crippen molar-refractivity contribution in [1.29, 1.82) is 0 Å². The number of amides is 1. The first-order chi connectivity index (χ1) is 7.65. The highest BCUT2D eigenvalue weighted by Gasteiger charge is 2.26. The number of hydrogen-bond donors (Lipinski definition) is 1. The van der Waals surface area contributed by atoms with E-state index in [1.807, 2.05) is 12.1 Å². The molecule has 2 rings (SSSR count). The van der Waals surface area contributed by atoms with E-state index in [1.165, 1.54) is 6.08 Å². The molecular weight excluding hydrogens is 226 g/mol. The summed E-state index contributed by atoms with van der Waals surface area (Å²) in [7, 11) is 0. The topological polar surface area (TPSA) is 40.5 Å². The molecule has 0 unspecified atom stereocenters. The number of carbonyl (C=O) groups is 1. The Kier molecular flexibility index (Phi) is 3.27. The van der Waals surface area contributed by atoms with Crippen molar-refractivity contribution >= 4 is 23.6 Å². The molecule has 1 saturated heterocycles. The maximum Gasteiger partial charge on any atom is 0.246 e. The summed E-state index contributed by atoms with van der Waals surface area (Å²) in [4.78, 5) is 13.1. The normalized spacial score (nSPS) is 16.5. The summed E-state index contributed by atoms with van der Waals surface area (Å²) in [6, 6.07) is 7.28. The number of carbonyl (C=O) groups excluding carboxylic acids is 1. The molecule has 0 radical (unpaired) electrons. The fourth-order valence-corrected chi connectivity index (χ4v) is 1.72. The van der Waals surface area contributed by atoms with Gasteiger partial charge in [-0.2, -0.15) is 0 Å². The van der Waals surface area contributed by atoms with Crippen LogP contribution < -0.4 is 0 Å². The van der Waals surface area contributed by atoms with Crippen LogP contribution in [-0.4, -0.2) is 35.1 Å². The van der Waals surface area contributed by atoms with E-state index in [-0.39, 0.29) is 12.0 Å². The van der Waals surface area contributed by atoms with E-state index in [1.54, 1.807) is 23.1 Å². The van der Waals surface area contributed by atoms with Gasteiger partial charge in [-0.15, -0.1) is 0 Å². The van der Waals surface area contributed by atoms with E-state index in [2.05, 4.69) is 0 Å². The van der Waals surface area contributed by atoms with Crippen LogP contribution in [0.2, 0.25) is 5.02 Å². The maximum atomic E-state index is 11.5. The third-order valence-electron chi connectivity index (χ3n) is 2.44. The maximum absolute atomic E-state index is 11.5. The second kappa shape index (κ2) is 4.68. The van der Waals surface area contributed by atoms with Gasteiger partial charge in [0.25, 0.3) is 0 Å². The Morgan fingerprint density at radius 3 is 2.88 bits per heavy atom. The third-order valence-corrected chi connectivity index (χ3v) is 2.68. The predicted molar refractivity (Wildman–Crippen MR) is 63.1 cm³/mol. The molecule has 1 aromatic rings. The van der Waals surface area contributed by atoms with Gasteiger partial charge in [0.2, 0.25) is 5.91 Å². The van der Waals surface area contributed by atoms with Gasteiger partial charge in [0.15, 0.2) is 0 Å². The molecule has 1 aliphatic heterocycles. The van der Waals surface area contributed by atoms with Gasteiger partial charge >= 0.3 is 0 Å². The minimum Gasteiger partial charge on any atom is -0.389 e. The first-order valence-corrected chi connectivity index (χ1v) is 5.43. The van der Waals surface area contributed by atoms with Gasteiger partial charge in [0.1, 0.15) is 0 Å². The highest BCUT2D eigenvalue weighted by atomic mass is 35.5. The summed E-state index contributed by atoms with van der Waals surface area (Å²) in [5.41, 5.74) is 0.891. The molecule has 1 amide bonds. The number of hydrogen-bond acceptors (Lipinski definition) is 2. The Balaban J connectivity index is 1.96. The van der Waals surface area contributed by atoms with Crippen LogP contribution >= 0.6 is 11.6 Å². The van der Waals surface area contributed by atoms with E-state index < -0.39 is 0 Å². The van der Waals surface area contributed by atoms with E-state index in [4.69, 9.17) is 16.7 Å². The van der Waals surface area contributed by atoms with Crippen LogP contribution in [0.15, 0.2) is 30.3 Å². The summed E-state index contributed by atoms with van der Waals surface area (Å²) in [6.07, 6.45) is 2.86. The van der Waals surface area contributed by atoms with Crippen LogP contribution in [0.25, 0.3) is 6.08 Å². The predicted octanol–water partition coefficient (Wildman–Crippen LogP) is 1.56. The van der Waals surface area contributed by atoms with Crippen molar-refractivity contribution in [1.82, 2.24) is 4.90 Å². The van der Waals surface area contributed by atoms with Crippen LogP contribution in [0.3, 0.4) is 0 Å². The number of halogens is 1. The zero-order valence-electron chi connectivity index (χ0n) is 8.64. The lowest BCUT2D eigenvalue weighted by Crippen LogP contribution is -2.52. The quantitative estimate of drug-likeness (QED) is 0.793. The molecule has 3 nitrogen and oxygen atoms in total.